The zero-order valence-corrected chi connectivity index (χ0v) is 13.7. The Morgan fingerprint density at radius 2 is 2.00 bits per heavy atom. The maximum Gasteiger partial charge on any atom is 0.311 e. The van der Waals surface area contributed by atoms with Gasteiger partial charge in [-0.1, -0.05) is 22.0 Å². The molecule has 0 radical (unpaired) electrons. The lowest BCUT2D eigenvalue weighted by Crippen LogP contribution is -2.30. The average Bonchev–Trinajstić information content (AvgIpc) is 2.94. The van der Waals surface area contributed by atoms with Gasteiger partial charge in [0.15, 0.2) is 6.10 Å². The van der Waals surface area contributed by atoms with Crippen molar-refractivity contribution >= 4 is 44.8 Å². The van der Waals surface area contributed by atoms with Gasteiger partial charge in [-0.25, -0.2) is 0 Å². The van der Waals surface area contributed by atoms with Gasteiger partial charge < -0.3 is 10.1 Å². The van der Waals surface area contributed by atoms with E-state index >= 15 is 0 Å². The summed E-state index contributed by atoms with van der Waals surface area (Å²) in [6.07, 6.45) is -0.644. The van der Waals surface area contributed by atoms with Crippen molar-refractivity contribution in [3.8, 4) is 0 Å². The Morgan fingerprint density at radius 3 is 2.62 bits per heavy atom. The highest BCUT2D eigenvalue weighted by Gasteiger charge is 2.18. The predicted molar refractivity (Wildman–Crippen MR) is 86.3 cm³/mol. The molecule has 2 aromatic rings. The molecule has 1 heterocycles. The van der Waals surface area contributed by atoms with Gasteiger partial charge in [-0.15, -0.1) is 11.3 Å². The van der Waals surface area contributed by atoms with Crippen molar-refractivity contribution in [2.75, 3.05) is 5.32 Å². The number of carbonyl (C=O) groups excluding carboxylic acids is 2. The molecule has 110 valence electrons. The summed E-state index contributed by atoms with van der Waals surface area (Å²) >= 11 is 4.81. The molecule has 1 aromatic heterocycles. The lowest BCUT2D eigenvalue weighted by Gasteiger charge is -2.13. The molecule has 0 spiro atoms. The van der Waals surface area contributed by atoms with Crippen LogP contribution in [0.25, 0.3) is 0 Å². The molecular formula is C15H14BrNO3S. The van der Waals surface area contributed by atoms with E-state index < -0.39 is 12.1 Å². The maximum atomic E-state index is 11.9. The fraction of sp³-hybridized carbons (Fsp3) is 0.200. The van der Waals surface area contributed by atoms with E-state index in [1.807, 2.05) is 29.6 Å². The average molecular weight is 368 g/mol. The highest BCUT2D eigenvalue weighted by molar-refractivity contribution is 9.10. The van der Waals surface area contributed by atoms with E-state index in [1.54, 1.807) is 19.1 Å². The minimum absolute atomic E-state index is 0.188. The van der Waals surface area contributed by atoms with Crippen molar-refractivity contribution in [2.24, 2.45) is 0 Å². The van der Waals surface area contributed by atoms with Crippen LogP contribution < -0.4 is 5.32 Å². The first kappa shape index (κ1) is 15.7. The first-order valence-corrected chi connectivity index (χ1v) is 8.00. The minimum atomic E-state index is -0.832. The molecule has 1 atom stereocenters. The molecule has 0 aliphatic heterocycles. The molecule has 0 unspecified atom stereocenters. The number of hydrogen-bond acceptors (Lipinski definition) is 4. The van der Waals surface area contributed by atoms with Crippen molar-refractivity contribution in [1.29, 1.82) is 0 Å². The Balaban J connectivity index is 1.84. The van der Waals surface area contributed by atoms with Crippen molar-refractivity contribution in [3.63, 3.8) is 0 Å². The Bertz CT molecular complexity index is 610. The molecule has 6 heteroatoms. The monoisotopic (exact) mass is 367 g/mol. The van der Waals surface area contributed by atoms with E-state index in [0.717, 1.165) is 9.35 Å². The van der Waals surface area contributed by atoms with Crippen LogP contribution in [0.2, 0.25) is 0 Å². The quantitative estimate of drug-likeness (QED) is 0.821. The maximum absolute atomic E-state index is 11.9. The number of benzene rings is 1. The van der Waals surface area contributed by atoms with E-state index in [9.17, 15) is 9.59 Å². The van der Waals surface area contributed by atoms with Crippen molar-refractivity contribution in [1.82, 2.24) is 0 Å². The molecule has 0 aliphatic rings. The molecular weight excluding hydrogens is 354 g/mol. The summed E-state index contributed by atoms with van der Waals surface area (Å²) < 4.78 is 6.05. The van der Waals surface area contributed by atoms with Crippen LogP contribution in [0, 0.1) is 0 Å². The lowest BCUT2D eigenvalue weighted by molar-refractivity contribution is -0.152. The van der Waals surface area contributed by atoms with Crippen LogP contribution in [-0.4, -0.2) is 18.0 Å². The normalized spacial score (nSPS) is 11.7. The summed E-state index contributed by atoms with van der Waals surface area (Å²) in [4.78, 5) is 24.6. The first-order valence-electron chi connectivity index (χ1n) is 6.33. The van der Waals surface area contributed by atoms with Gasteiger partial charge in [0, 0.05) is 15.0 Å². The van der Waals surface area contributed by atoms with Gasteiger partial charge in [0.1, 0.15) is 0 Å². The molecule has 0 aliphatic carbocycles. The Morgan fingerprint density at radius 1 is 1.29 bits per heavy atom. The summed E-state index contributed by atoms with van der Waals surface area (Å²) in [5, 5.41) is 4.59. The standard InChI is InChI=1S/C15H14BrNO3S/c1-10(20-14(18)9-13-3-2-8-21-13)15(19)17-12-6-4-11(16)5-7-12/h2-8,10H,9H2,1H3,(H,17,19)/t10-/m1/s1. The zero-order valence-electron chi connectivity index (χ0n) is 11.3. The summed E-state index contributed by atoms with van der Waals surface area (Å²) in [6, 6.07) is 10.9. The third-order valence-electron chi connectivity index (χ3n) is 2.69. The van der Waals surface area contributed by atoms with E-state index in [-0.39, 0.29) is 12.3 Å². The van der Waals surface area contributed by atoms with Gasteiger partial charge in [-0.2, -0.15) is 0 Å². The Hall–Kier alpha value is -1.66. The smallest absolute Gasteiger partial charge is 0.311 e. The zero-order chi connectivity index (χ0) is 15.2. The first-order chi connectivity index (χ1) is 10.0. The van der Waals surface area contributed by atoms with Crippen LogP contribution in [0.15, 0.2) is 46.3 Å². The summed E-state index contributed by atoms with van der Waals surface area (Å²) in [6.45, 7) is 1.56. The van der Waals surface area contributed by atoms with Gasteiger partial charge in [0.2, 0.25) is 0 Å². The van der Waals surface area contributed by atoms with Gasteiger partial charge >= 0.3 is 5.97 Å². The van der Waals surface area contributed by atoms with Crippen molar-refractivity contribution in [2.45, 2.75) is 19.4 Å². The Kier molecular flexibility index (Phi) is 5.52. The molecule has 4 nitrogen and oxygen atoms in total. The van der Waals surface area contributed by atoms with Crippen LogP contribution in [0.5, 0.6) is 0 Å². The number of nitrogens with one attached hydrogen (secondary N) is 1. The predicted octanol–water partition coefficient (Wildman–Crippen LogP) is 3.62. The van der Waals surface area contributed by atoms with Crippen molar-refractivity contribution < 1.29 is 14.3 Å². The molecule has 1 aromatic carbocycles. The lowest BCUT2D eigenvalue weighted by atomic mass is 10.3. The van der Waals surface area contributed by atoms with Crippen LogP contribution in [-0.2, 0) is 20.7 Å². The van der Waals surface area contributed by atoms with E-state index in [1.165, 1.54) is 11.3 Å². The third-order valence-corrected chi connectivity index (χ3v) is 4.09. The van der Waals surface area contributed by atoms with Gasteiger partial charge in [-0.05, 0) is 42.6 Å². The van der Waals surface area contributed by atoms with Crippen LogP contribution >= 0.6 is 27.3 Å². The highest BCUT2D eigenvalue weighted by Crippen LogP contribution is 2.15. The van der Waals surface area contributed by atoms with E-state index in [2.05, 4.69) is 21.2 Å². The number of thiophene rings is 1. The minimum Gasteiger partial charge on any atom is -0.452 e. The molecule has 2 rings (SSSR count). The fourth-order valence-corrected chi connectivity index (χ4v) is 2.58. The molecule has 21 heavy (non-hydrogen) atoms. The largest absolute Gasteiger partial charge is 0.452 e. The number of rotatable bonds is 5. The number of carbonyl (C=O) groups is 2. The second-order valence-corrected chi connectivity index (χ2v) is 6.33. The van der Waals surface area contributed by atoms with Gasteiger partial charge in [-0.3, -0.25) is 9.59 Å². The second kappa shape index (κ2) is 7.38. The second-order valence-electron chi connectivity index (χ2n) is 4.38. The van der Waals surface area contributed by atoms with Crippen LogP contribution in [0.4, 0.5) is 5.69 Å². The van der Waals surface area contributed by atoms with Crippen LogP contribution in [0.1, 0.15) is 11.8 Å². The number of hydrogen-bond donors (Lipinski definition) is 1. The number of esters is 1. The number of ether oxygens (including phenoxy) is 1. The third kappa shape index (κ3) is 4.99. The molecule has 0 saturated carbocycles. The number of amides is 1. The highest BCUT2D eigenvalue weighted by atomic mass is 79.9. The van der Waals surface area contributed by atoms with E-state index in [0.29, 0.717) is 5.69 Å². The van der Waals surface area contributed by atoms with Gasteiger partial charge in [0.25, 0.3) is 5.91 Å². The van der Waals surface area contributed by atoms with Gasteiger partial charge in [0.05, 0.1) is 6.42 Å². The summed E-state index contributed by atoms with van der Waals surface area (Å²) in [5.41, 5.74) is 0.657. The van der Waals surface area contributed by atoms with Crippen LogP contribution in [0.3, 0.4) is 0 Å². The summed E-state index contributed by atoms with van der Waals surface area (Å²) in [5.74, 6) is -0.757. The molecule has 0 bridgehead atoms. The molecule has 1 N–H and O–H groups in total. The molecule has 0 saturated heterocycles. The number of anilines is 1. The number of halogens is 1. The SMILES string of the molecule is C[C@@H](OC(=O)Cc1cccs1)C(=O)Nc1ccc(Br)cc1. The Labute approximate surface area is 135 Å². The molecule has 0 fully saturated rings. The fourth-order valence-electron chi connectivity index (χ4n) is 1.62. The molecule has 1 amide bonds. The summed E-state index contributed by atoms with van der Waals surface area (Å²) in [7, 11) is 0. The van der Waals surface area contributed by atoms with E-state index in [4.69, 9.17) is 4.74 Å². The topological polar surface area (TPSA) is 55.4 Å². The van der Waals surface area contributed by atoms with Crippen molar-refractivity contribution in [3.05, 3.63) is 51.1 Å².